The van der Waals surface area contributed by atoms with Crippen molar-refractivity contribution in [3.05, 3.63) is 34.9 Å². The zero-order valence-electron chi connectivity index (χ0n) is 10.1. The molecule has 1 saturated carbocycles. The van der Waals surface area contributed by atoms with Crippen molar-refractivity contribution in [2.75, 3.05) is 0 Å². The lowest BCUT2D eigenvalue weighted by molar-refractivity contribution is -0.121. The maximum atomic E-state index is 11.9. The summed E-state index contributed by atoms with van der Waals surface area (Å²) in [5.74, 6) is -0.174. The van der Waals surface area contributed by atoms with Gasteiger partial charge in [0, 0.05) is 17.4 Å². The molecule has 0 heterocycles. The molecular formula is C14H17ClO2. The number of aliphatic hydroxyl groups excluding tert-OH is 1. The molecule has 0 saturated heterocycles. The summed E-state index contributed by atoms with van der Waals surface area (Å²) in [6.07, 6.45) is 0.401. The minimum Gasteiger partial charge on any atom is -0.392 e. The van der Waals surface area contributed by atoms with Gasteiger partial charge in [-0.1, -0.05) is 43.6 Å². The van der Waals surface area contributed by atoms with Gasteiger partial charge in [0.15, 0.2) is 0 Å². The monoisotopic (exact) mass is 252 g/mol. The van der Waals surface area contributed by atoms with E-state index in [1.165, 1.54) is 0 Å². The molecule has 0 amide bonds. The van der Waals surface area contributed by atoms with Gasteiger partial charge < -0.3 is 5.11 Å². The molecule has 0 aliphatic heterocycles. The van der Waals surface area contributed by atoms with Gasteiger partial charge in [0.25, 0.3) is 0 Å². The van der Waals surface area contributed by atoms with E-state index in [1.54, 1.807) is 0 Å². The van der Waals surface area contributed by atoms with Crippen molar-refractivity contribution < 1.29 is 9.90 Å². The summed E-state index contributed by atoms with van der Waals surface area (Å²) >= 11 is 6.08. The van der Waals surface area contributed by atoms with Crippen LogP contribution in [0.3, 0.4) is 0 Å². The molecule has 17 heavy (non-hydrogen) atoms. The molecular weight excluding hydrogens is 236 g/mol. The van der Waals surface area contributed by atoms with Gasteiger partial charge in [0.05, 0.1) is 6.10 Å². The maximum Gasteiger partial charge on any atom is 0.139 e. The first-order valence-electron chi connectivity index (χ1n) is 5.86. The Labute approximate surface area is 107 Å². The van der Waals surface area contributed by atoms with E-state index in [9.17, 15) is 9.90 Å². The molecule has 2 rings (SSSR count). The number of ketones is 1. The second-order valence-electron chi connectivity index (χ2n) is 5.48. The van der Waals surface area contributed by atoms with Crippen molar-refractivity contribution in [1.82, 2.24) is 0 Å². The number of aliphatic hydroxyl groups is 1. The zero-order valence-corrected chi connectivity index (χ0v) is 10.9. The highest BCUT2D eigenvalue weighted by Crippen LogP contribution is 2.40. The summed E-state index contributed by atoms with van der Waals surface area (Å²) in [4.78, 5) is 11.9. The number of halogens is 1. The number of hydrogen-bond acceptors (Lipinski definition) is 2. The first kappa shape index (κ1) is 12.6. The van der Waals surface area contributed by atoms with E-state index >= 15 is 0 Å². The quantitative estimate of drug-likeness (QED) is 0.879. The molecule has 0 radical (unpaired) electrons. The molecule has 1 aromatic rings. The third-order valence-corrected chi connectivity index (χ3v) is 3.99. The predicted molar refractivity (Wildman–Crippen MR) is 68.1 cm³/mol. The Kier molecular flexibility index (Phi) is 3.28. The van der Waals surface area contributed by atoms with Gasteiger partial charge in [-0.05, 0) is 23.5 Å². The van der Waals surface area contributed by atoms with Gasteiger partial charge in [-0.25, -0.2) is 0 Å². The van der Waals surface area contributed by atoms with Crippen LogP contribution in [-0.2, 0) is 11.2 Å². The van der Waals surface area contributed by atoms with Crippen LogP contribution in [0.15, 0.2) is 24.3 Å². The number of hydrogen-bond donors (Lipinski definition) is 1. The molecule has 0 spiro atoms. The van der Waals surface area contributed by atoms with Gasteiger partial charge in [0.2, 0.25) is 0 Å². The van der Waals surface area contributed by atoms with Crippen molar-refractivity contribution in [3.8, 4) is 0 Å². The summed E-state index contributed by atoms with van der Waals surface area (Å²) in [6.45, 7) is 3.87. The molecule has 0 aromatic heterocycles. The summed E-state index contributed by atoms with van der Waals surface area (Å²) in [6, 6.07) is 7.49. The van der Waals surface area contributed by atoms with Crippen molar-refractivity contribution in [3.63, 3.8) is 0 Å². The maximum absolute atomic E-state index is 11.9. The highest BCUT2D eigenvalue weighted by atomic mass is 35.5. The van der Waals surface area contributed by atoms with E-state index in [0.717, 1.165) is 5.56 Å². The highest BCUT2D eigenvalue weighted by molar-refractivity contribution is 6.31. The molecule has 1 aromatic carbocycles. The number of carbonyl (C=O) groups excluding carboxylic acids is 1. The van der Waals surface area contributed by atoms with Crippen LogP contribution in [0.25, 0.3) is 0 Å². The van der Waals surface area contributed by atoms with Crippen LogP contribution in [0.2, 0.25) is 5.02 Å². The molecule has 2 unspecified atom stereocenters. The summed E-state index contributed by atoms with van der Waals surface area (Å²) < 4.78 is 0. The average molecular weight is 253 g/mol. The van der Waals surface area contributed by atoms with E-state index in [1.807, 2.05) is 38.1 Å². The SMILES string of the molecule is CC1(C)CC(=O)C(Cc2ccccc2Cl)C1O. The average Bonchev–Trinajstić information content (AvgIpc) is 2.43. The van der Waals surface area contributed by atoms with E-state index in [0.29, 0.717) is 17.9 Å². The van der Waals surface area contributed by atoms with Crippen molar-refractivity contribution in [1.29, 1.82) is 0 Å². The topological polar surface area (TPSA) is 37.3 Å². The van der Waals surface area contributed by atoms with Gasteiger partial charge in [-0.2, -0.15) is 0 Å². The van der Waals surface area contributed by atoms with Gasteiger partial charge in [-0.15, -0.1) is 0 Å². The van der Waals surface area contributed by atoms with Crippen LogP contribution in [0, 0.1) is 11.3 Å². The second-order valence-corrected chi connectivity index (χ2v) is 5.89. The molecule has 3 heteroatoms. The van der Waals surface area contributed by atoms with Crippen LogP contribution in [-0.4, -0.2) is 17.0 Å². The van der Waals surface area contributed by atoms with Gasteiger partial charge in [0.1, 0.15) is 5.78 Å². The lowest BCUT2D eigenvalue weighted by Crippen LogP contribution is -2.29. The molecule has 1 N–H and O–H groups in total. The Morgan fingerprint density at radius 1 is 1.41 bits per heavy atom. The molecule has 2 atom stereocenters. The normalized spacial score (nSPS) is 27.4. The van der Waals surface area contributed by atoms with Crippen molar-refractivity contribution in [2.24, 2.45) is 11.3 Å². The van der Waals surface area contributed by atoms with E-state index in [4.69, 9.17) is 11.6 Å². The Morgan fingerprint density at radius 2 is 2.06 bits per heavy atom. The van der Waals surface area contributed by atoms with Crippen LogP contribution in [0.1, 0.15) is 25.8 Å². The number of Topliss-reactive ketones (excluding diaryl/α,β-unsaturated/α-hetero) is 1. The van der Waals surface area contributed by atoms with Crippen molar-refractivity contribution >= 4 is 17.4 Å². The Bertz CT molecular complexity index is 440. The fourth-order valence-corrected chi connectivity index (χ4v) is 2.74. The van der Waals surface area contributed by atoms with Crippen molar-refractivity contribution in [2.45, 2.75) is 32.8 Å². The van der Waals surface area contributed by atoms with Crippen LogP contribution >= 0.6 is 11.6 Å². The van der Waals surface area contributed by atoms with Gasteiger partial charge >= 0.3 is 0 Å². The Hall–Kier alpha value is -0.860. The minimum atomic E-state index is -0.578. The fourth-order valence-electron chi connectivity index (χ4n) is 2.53. The first-order chi connectivity index (χ1) is 7.92. The molecule has 92 valence electrons. The standard InChI is InChI=1S/C14H17ClO2/c1-14(2)8-12(16)10(13(14)17)7-9-5-3-4-6-11(9)15/h3-6,10,13,17H,7-8H2,1-2H3. The van der Waals surface area contributed by atoms with Gasteiger partial charge in [-0.3, -0.25) is 4.79 Å². The summed E-state index contributed by atoms with van der Waals surface area (Å²) in [5.41, 5.74) is 0.618. The largest absolute Gasteiger partial charge is 0.392 e. The van der Waals surface area contributed by atoms with E-state index < -0.39 is 6.10 Å². The van der Waals surface area contributed by atoms with E-state index in [2.05, 4.69) is 0 Å². The predicted octanol–water partition coefficient (Wildman–Crippen LogP) is 2.86. The smallest absolute Gasteiger partial charge is 0.139 e. The minimum absolute atomic E-state index is 0.141. The third-order valence-electron chi connectivity index (χ3n) is 3.62. The van der Waals surface area contributed by atoms with Crippen LogP contribution < -0.4 is 0 Å². The highest BCUT2D eigenvalue weighted by Gasteiger charge is 2.46. The van der Waals surface area contributed by atoms with Crippen LogP contribution in [0.4, 0.5) is 0 Å². The lowest BCUT2D eigenvalue weighted by atomic mass is 9.85. The Morgan fingerprint density at radius 3 is 2.59 bits per heavy atom. The zero-order chi connectivity index (χ0) is 12.6. The molecule has 2 nitrogen and oxygen atoms in total. The number of benzene rings is 1. The lowest BCUT2D eigenvalue weighted by Gasteiger charge is -2.24. The third kappa shape index (κ3) is 2.38. The molecule has 1 aliphatic rings. The molecule has 1 aliphatic carbocycles. The molecule has 0 bridgehead atoms. The number of rotatable bonds is 2. The second kappa shape index (κ2) is 4.43. The first-order valence-corrected chi connectivity index (χ1v) is 6.24. The Balaban J connectivity index is 2.20. The van der Waals surface area contributed by atoms with E-state index in [-0.39, 0.29) is 17.1 Å². The summed E-state index contributed by atoms with van der Waals surface area (Å²) in [7, 11) is 0. The fraction of sp³-hybridized carbons (Fsp3) is 0.500. The molecule has 1 fully saturated rings. The number of carbonyl (C=O) groups is 1. The summed E-state index contributed by atoms with van der Waals surface area (Å²) in [5, 5.41) is 10.8. The van der Waals surface area contributed by atoms with Crippen LogP contribution in [0.5, 0.6) is 0 Å².